The first kappa shape index (κ1) is 19.5. The number of hydrogen-bond acceptors (Lipinski definition) is 6. The predicted octanol–water partition coefficient (Wildman–Crippen LogP) is 2.28. The molecule has 0 aromatic heterocycles. The SMILES string of the molecule is COc1ccc(OC)c(NC(=O)C2CC(O)CN2C(=O)Oc2ccccc2)c1. The number of hydrogen-bond donors (Lipinski definition) is 2. The minimum absolute atomic E-state index is 0.0129. The Morgan fingerprint density at radius 1 is 1.07 bits per heavy atom. The summed E-state index contributed by atoms with van der Waals surface area (Å²) in [5.41, 5.74) is 0.407. The van der Waals surface area contributed by atoms with E-state index in [9.17, 15) is 14.7 Å². The number of nitrogens with one attached hydrogen (secondary N) is 1. The van der Waals surface area contributed by atoms with Crippen molar-refractivity contribution >= 4 is 17.7 Å². The highest BCUT2D eigenvalue weighted by Gasteiger charge is 2.40. The number of carbonyl (C=O) groups excluding carboxylic acids is 2. The number of anilines is 1. The van der Waals surface area contributed by atoms with Crippen LogP contribution < -0.4 is 19.5 Å². The van der Waals surface area contributed by atoms with Crippen LogP contribution in [-0.4, -0.2) is 54.9 Å². The molecule has 1 saturated heterocycles. The molecule has 3 rings (SSSR count). The fraction of sp³-hybridized carbons (Fsp3) is 0.300. The van der Waals surface area contributed by atoms with Crippen molar-refractivity contribution < 1.29 is 28.9 Å². The highest BCUT2D eigenvalue weighted by molar-refractivity contribution is 5.98. The van der Waals surface area contributed by atoms with Crippen LogP contribution in [0.15, 0.2) is 48.5 Å². The van der Waals surface area contributed by atoms with E-state index in [2.05, 4.69) is 5.32 Å². The van der Waals surface area contributed by atoms with Gasteiger partial charge in [0.2, 0.25) is 5.91 Å². The molecule has 0 radical (unpaired) electrons. The maximum absolute atomic E-state index is 12.8. The molecule has 0 saturated carbocycles. The number of ether oxygens (including phenoxy) is 3. The Labute approximate surface area is 162 Å². The number of carbonyl (C=O) groups is 2. The molecule has 0 aliphatic carbocycles. The third-order valence-corrected chi connectivity index (χ3v) is 4.43. The van der Waals surface area contributed by atoms with E-state index in [1.165, 1.54) is 19.1 Å². The van der Waals surface area contributed by atoms with Crippen LogP contribution >= 0.6 is 0 Å². The van der Waals surface area contributed by atoms with Gasteiger partial charge in [0.25, 0.3) is 0 Å². The summed E-state index contributed by atoms with van der Waals surface area (Å²) in [4.78, 5) is 26.6. The summed E-state index contributed by atoms with van der Waals surface area (Å²) in [7, 11) is 3.00. The van der Waals surface area contributed by atoms with Crippen LogP contribution in [0.1, 0.15) is 6.42 Å². The number of nitrogens with zero attached hydrogens (tertiary/aromatic N) is 1. The lowest BCUT2D eigenvalue weighted by molar-refractivity contribution is -0.119. The minimum atomic E-state index is -0.873. The van der Waals surface area contributed by atoms with Crippen molar-refractivity contribution in [2.45, 2.75) is 18.6 Å². The predicted molar refractivity (Wildman–Crippen MR) is 102 cm³/mol. The number of benzene rings is 2. The molecule has 2 aromatic carbocycles. The molecule has 28 heavy (non-hydrogen) atoms. The Balaban J connectivity index is 1.75. The van der Waals surface area contributed by atoms with Gasteiger partial charge in [-0.1, -0.05) is 18.2 Å². The highest BCUT2D eigenvalue weighted by atomic mass is 16.6. The highest BCUT2D eigenvalue weighted by Crippen LogP contribution is 2.30. The number of amides is 2. The van der Waals surface area contributed by atoms with Gasteiger partial charge < -0.3 is 24.6 Å². The molecule has 8 nitrogen and oxygen atoms in total. The summed E-state index contributed by atoms with van der Waals surface area (Å²) >= 11 is 0. The molecule has 1 aliphatic heterocycles. The Morgan fingerprint density at radius 3 is 2.50 bits per heavy atom. The van der Waals surface area contributed by atoms with Crippen molar-refractivity contribution in [2.24, 2.45) is 0 Å². The summed E-state index contributed by atoms with van der Waals surface area (Å²) in [5, 5.41) is 12.8. The number of para-hydroxylation sites is 1. The van der Waals surface area contributed by atoms with Crippen LogP contribution in [0.2, 0.25) is 0 Å². The summed E-state index contributed by atoms with van der Waals surface area (Å²) in [5.74, 6) is 0.907. The van der Waals surface area contributed by atoms with Gasteiger partial charge in [-0.25, -0.2) is 4.79 Å². The second kappa shape index (κ2) is 8.62. The maximum atomic E-state index is 12.8. The van der Waals surface area contributed by atoms with E-state index < -0.39 is 24.1 Å². The Morgan fingerprint density at radius 2 is 1.82 bits per heavy atom. The molecule has 0 spiro atoms. The first-order chi connectivity index (χ1) is 13.5. The second-order valence-electron chi connectivity index (χ2n) is 6.29. The van der Waals surface area contributed by atoms with Gasteiger partial charge >= 0.3 is 6.09 Å². The van der Waals surface area contributed by atoms with E-state index >= 15 is 0 Å². The first-order valence-corrected chi connectivity index (χ1v) is 8.76. The van der Waals surface area contributed by atoms with E-state index in [4.69, 9.17) is 14.2 Å². The van der Waals surface area contributed by atoms with E-state index in [1.54, 1.807) is 48.5 Å². The molecular formula is C20H22N2O6. The topological polar surface area (TPSA) is 97.3 Å². The minimum Gasteiger partial charge on any atom is -0.497 e. The van der Waals surface area contributed by atoms with Crippen LogP contribution in [0.3, 0.4) is 0 Å². The molecule has 2 aromatic rings. The van der Waals surface area contributed by atoms with E-state index in [0.29, 0.717) is 22.9 Å². The quantitative estimate of drug-likeness (QED) is 0.818. The molecule has 2 unspecified atom stereocenters. The Kier molecular flexibility index (Phi) is 6.00. The third kappa shape index (κ3) is 4.34. The summed E-state index contributed by atoms with van der Waals surface area (Å²) in [6.45, 7) is 0.0129. The van der Waals surface area contributed by atoms with Crippen LogP contribution in [0.4, 0.5) is 10.5 Å². The van der Waals surface area contributed by atoms with Gasteiger partial charge in [-0.2, -0.15) is 0 Å². The van der Waals surface area contributed by atoms with Gasteiger partial charge in [0.1, 0.15) is 23.3 Å². The standard InChI is InChI=1S/C20H22N2O6/c1-26-15-8-9-18(27-2)16(11-15)21-19(24)17-10-13(23)12-22(17)20(25)28-14-6-4-3-5-7-14/h3-9,11,13,17,23H,10,12H2,1-2H3,(H,21,24). The molecule has 1 aliphatic rings. The smallest absolute Gasteiger partial charge is 0.416 e. The number of aliphatic hydroxyl groups is 1. The van der Waals surface area contributed by atoms with Gasteiger partial charge in [0.15, 0.2) is 0 Å². The molecule has 1 fully saturated rings. The largest absolute Gasteiger partial charge is 0.497 e. The summed E-state index contributed by atoms with van der Waals surface area (Å²) < 4.78 is 15.7. The Hall–Kier alpha value is -3.26. The number of rotatable bonds is 5. The second-order valence-corrected chi connectivity index (χ2v) is 6.29. The monoisotopic (exact) mass is 386 g/mol. The lowest BCUT2D eigenvalue weighted by Crippen LogP contribution is -2.44. The van der Waals surface area contributed by atoms with Gasteiger partial charge in [0, 0.05) is 12.5 Å². The van der Waals surface area contributed by atoms with Crippen LogP contribution in [0.25, 0.3) is 0 Å². The maximum Gasteiger partial charge on any atom is 0.416 e. The molecule has 2 amide bonds. The molecular weight excluding hydrogens is 364 g/mol. The molecule has 0 bridgehead atoms. The first-order valence-electron chi connectivity index (χ1n) is 8.76. The van der Waals surface area contributed by atoms with Crippen LogP contribution in [0, 0.1) is 0 Å². The van der Waals surface area contributed by atoms with E-state index in [-0.39, 0.29) is 13.0 Å². The fourth-order valence-corrected chi connectivity index (χ4v) is 3.04. The lowest BCUT2D eigenvalue weighted by atomic mass is 10.1. The lowest BCUT2D eigenvalue weighted by Gasteiger charge is -2.23. The van der Waals surface area contributed by atoms with Gasteiger partial charge in [-0.05, 0) is 24.3 Å². The van der Waals surface area contributed by atoms with E-state index in [1.807, 2.05) is 0 Å². The van der Waals surface area contributed by atoms with Crippen molar-refractivity contribution in [1.82, 2.24) is 4.90 Å². The van der Waals surface area contributed by atoms with Crippen LogP contribution in [-0.2, 0) is 4.79 Å². The zero-order valence-corrected chi connectivity index (χ0v) is 15.6. The zero-order valence-electron chi connectivity index (χ0n) is 15.6. The summed E-state index contributed by atoms with van der Waals surface area (Å²) in [6, 6.07) is 12.7. The van der Waals surface area contributed by atoms with E-state index in [0.717, 1.165) is 0 Å². The average molecular weight is 386 g/mol. The molecule has 8 heteroatoms. The number of β-amino-alcohol motifs (C(OH)–C–C–N with tert-alkyl or cyclic N) is 1. The zero-order chi connectivity index (χ0) is 20.1. The molecule has 2 atom stereocenters. The number of methoxy groups -OCH3 is 2. The van der Waals surface area contributed by atoms with Crippen molar-refractivity contribution in [2.75, 3.05) is 26.1 Å². The molecule has 148 valence electrons. The van der Waals surface area contributed by atoms with Gasteiger partial charge in [0.05, 0.1) is 32.6 Å². The van der Waals surface area contributed by atoms with Crippen molar-refractivity contribution in [1.29, 1.82) is 0 Å². The fourth-order valence-electron chi connectivity index (χ4n) is 3.04. The van der Waals surface area contributed by atoms with Crippen molar-refractivity contribution in [3.05, 3.63) is 48.5 Å². The Bertz CT molecular complexity index is 842. The van der Waals surface area contributed by atoms with Crippen molar-refractivity contribution in [3.63, 3.8) is 0 Å². The molecule has 1 heterocycles. The summed E-state index contributed by atoms with van der Waals surface area (Å²) in [6.07, 6.45) is -1.39. The van der Waals surface area contributed by atoms with Crippen molar-refractivity contribution in [3.8, 4) is 17.2 Å². The van der Waals surface area contributed by atoms with Gasteiger partial charge in [-0.15, -0.1) is 0 Å². The van der Waals surface area contributed by atoms with Gasteiger partial charge in [-0.3, -0.25) is 9.69 Å². The number of likely N-dealkylation sites (tertiary alicyclic amines) is 1. The third-order valence-electron chi connectivity index (χ3n) is 4.43. The number of aliphatic hydroxyl groups excluding tert-OH is 1. The van der Waals surface area contributed by atoms with Crippen LogP contribution in [0.5, 0.6) is 17.2 Å². The average Bonchev–Trinajstić information content (AvgIpc) is 3.10. The molecule has 2 N–H and O–H groups in total. The normalized spacial score (nSPS) is 18.5.